The molecule has 1 aliphatic heterocycles. The molecule has 1 aromatic carbocycles. The Morgan fingerprint density at radius 3 is 2.72 bits per heavy atom. The molecule has 1 N–H and O–H groups in total. The Hall–Kier alpha value is -1.84. The van der Waals surface area contributed by atoms with Crippen LogP contribution in [-0.2, 0) is 16.1 Å². The van der Waals surface area contributed by atoms with E-state index < -0.39 is 11.9 Å². The Morgan fingerprint density at radius 2 is 2.06 bits per heavy atom. The van der Waals surface area contributed by atoms with Crippen LogP contribution in [-0.4, -0.2) is 28.4 Å². The van der Waals surface area contributed by atoms with E-state index in [1.165, 1.54) is 0 Å². The van der Waals surface area contributed by atoms with Crippen molar-refractivity contribution in [2.75, 3.05) is 6.54 Å². The van der Waals surface area contributed by atoms with Gasteiger partial charge in [-0.25, -0.2) is 0 Å². The first-order valence-electron chi connectivity index (χ1n) is 6.21. The number of hydrogen-bond donors (Lipinski definition) is 1. The summed E-state index contributed by atoms with van der Waals surface area (Å²) >= 11 is 0. The minimum Gasteiger partial charge on any atom is -0.481 e. The minimum absolute atomic E-state index is 0.0580. The molecule has 18 heavy (non-hydrogen) atoms. The third-order valence-corrected chi connectivity index (χ3v) is 3.30. The molecule has 0 spiro atoms. The Labute approximate surface area is 106 Å². The number of carbonyl (C=O) groups is 2. The molecule has 1 aromatic rings. The second-order valence-electron chi connectivity index (χ2n) is 4.69. The van der Waals surface area contributed by atoms with Crippen molar-refractivity contribution in [3.05, 3.63) is 35.9 Å². The molecule has 1 saturated heterocycles. The number of hydrogen-bond acceptors (Lipinski definition) is 2. The van der Waals surface area contributed by atoms with Crippen molar-refractivity contribution in [2.24, 2.45) is 5.92 Å². The van der Waals surface area contributed by atoms with Gasteiger partial charge >= 0.3 is 5.97 Å². The first kappa shape index (κ1) is 12.6. The zero-order chi connectivity index (χ0) is 13.0. The van der Waals surface area contributed by atoms with Gasteiger partial charge < -0.3 is 10.0 Å². The predicted molar refractivity (Wildman–Crippen MR) is 66.8 cm³/mol. The number of benzene rings is 1. The first-order chi connectivity index (χ1) is 8.66. The summed E-state index contributed by atoms with van der Waals surface area (Å²) in [4.78, 5) is 24.7. The molecule has 4 nitrogen and oxygen atoms in total. The molecular formula is C14H17NO3. The molecule has 1 fully saturated rings. The molecule has 96 valence electrons. The van der Waals surface area contributed by atoms with Crippen molar-refractivity contribution >= 4 is 11.9 Å². The summed E-state index contributed by atoms with van der Waals surface area (Å²) in [6.45, 7) is 0.826. The number of rotatable bonds is 3. The fraction of sp³-hybridized carbons (Fsp3) is 0.429. The van der Waals surface area contributed by atoms with Crippen molar-refractivity contribution < 1.29 is 14.7 Å². The highest BCUT2D eigenvalue weighted by molar-refractivity contribution is 5.78. The number of carboxylic acid groups (broad SMARTS) is 1. The monoisotopic (exact) mass is 247 g/mol. The maximum absolute atomic E-state index is 11.9. The van der Waals surface area contributed by atoms with Gasteiger partial charge in [-0.15, -0.1) is 0 Å². The van der Waals surface area contributed by atoms with Crippen LogP contribution in [0.1, 0.15) is 24.8 Å². The molecule has 1 atom stereocenters. The van der Waals surface area contributed by atoms with Crippen LogP contribution in [0.3, 0.4) is 0 Å². The van der Waals surface area contributed by atoms with Gasteiger partial charge in [-0.2, -0.15) is 0 Å². The average Bonchev–Trinajstić information content (AvgIpc) is 2.54. The van der Waals surface area contributed by atoms with Gasteiger partial charge in [0.1, 0.15) is 0 Å². The SMILES string of the molecule is O=C(O)C1CCCC(=O)N(Cc2ccccc2)C1. The van der Waals surface area contributed by atoms with Crippen molar-refractivity contribution in [1.82, 2.24) is 4.90 Å². The molecular weight excluding hydrogens is 230 g/mol. The number of aliphatic carboxylic acids is 1. The lowest BCUT2D eigenvalue weighted by Gasteiger charge is -2.23. The van der Waals surface area contributed by atoms with Gasteiger partial charge in [0.15, 0.2) is 0 Å². The van der Waals surface area contributed by atoms with E-state index in [1.807, 2.05) is 30.3 Å². The van der Waals surface area contributed by atoms with E-state index in [0.29, 0.717) is 32.4 Å². The van der Waals surface area contributed by atoms with Crippen molar-refractivity contribution in [3.8, 4) is 0 Å². The van der Waals surface area contributed by atoms with E-state index in [1.54, 1.807) is 4.90 Å². The normalized spacial score (nSPS) is 20.6. The zero-order valence-electron chi connectivity index (χ0n) is 10.2. The Balaban J connectivity index is 2.08. The van der Waals surface area contributed by atoms with E-state index in [9.17, 15) is 9.59 Å². The fourth-order valence-corrected chi connectivity index (χ4v) is 2.28. The fourth-order valence-electron chi connectivity index (χ4n) is 2.28. The van der Waals surface area contributed by atoms with Crippen LogP contribution in [0.25, 0.3) is 0 Å². The van der Waals surface area contributed by atoms with Crippen LogP contribution >= 0.6 is 0 Å². The van der Waals surface area contributed by atoms with Crippen molar-refractivity contribution in [3.63, 3.8) is 0 Å². The number of amides is 1. The number of nitrogens with zero attached hydrogens (tertiary/aromatic N) is 1. The van der Waals surface area contributed by atoms with E-state index in [0.717, 1.165) is 5.56 Å². The van der Waals surface area contributed by atoms with Gasteiger partial charge in [-0.1, -0.05) is 30.3 Å². The summed E-state index contributed by atoms with van der Waals surface area (Å²) in [6, 6.07) is 9.67. The van der Waals surface area contributed by atoms with Crippen LogP contribution in [0.5, 0.6) is 0 Å². The summed E-state index contributed by atoms with van der Waals surface area (Å²) in [7, 11) is 0. The molecule has 1 amide bonds. The Morgan fingerprint density at radius 1 is 1.33 bits per heavy atom. The smallest absolute Gasteiger partial charge is 0.308 e. The molecule has 1 unspecified atom stereocenters. The van der Waals surface area contributed by atoms with Crippen LogP contribution in [0.2, 0.25) is 0 Å². The van der Waals surface area contributed by atoms with E-state index in [4.69, 9.17) is 5.11 Å². The topological polar surface area (TPSA) is 57.6 Å². The summed E-state index contributed by atoms with van der Waals surface area (Å²) in [5.74, 6) is -1.18. The number of likely N-dealkylation sites (tertiary alicyclic amines) is 1. The molecule has 0 radical (unpaired) electrons. The summed E-state index contributed by atoms with van der Waals surface area (Å²) in [5, 5.41) is 9.10. The third kappa shape index (κ3) is 3.09. The van der Waals surface area contributed by atoms with Crippen LogP contribution in [0.4, 0.5) is 0 Å². The van der Waals surface area contributed by atoms with Gasteiger partial charge in [0.25, 0.3) is 0 Å². The zero-order valence-corrected chi connectivity index (χ0v) is 10.2. The first-order valence-corrected chi connectivity index (χ1v) is 6.21. The maximum atomic E-state index is 11.9. The highest BCUT2D eigenvalue weighted by Gasteiger charge is 2.27. The number of carboxylic acids is 1. The third-order valence-electron chi connectivity index (χ3n) is 3.30. The van der Waals surface area contributed by atoms with Gasteiger partial charge in [0.05, 0.1) is 5.92 Å². The lowest BCUT2D eigenvalue weighted by molar-refractivity contribution is -0.143. The van der Waals surface area contributed by atoms with Crippen LogP contribution < -0.4 is 0 Å². The summed E-state index contributed by atoms with van der Waals surface area (Å²) in [5.41, 5.74) is 1.04. The molecule has 0 aromatic heterocycles. The van der Waals surface area contributed by atoms with Crippen LogP contribution in [0, 0.1) is 5.92 Å². The summed E-state index contributed by atoms with van der Waals surface area (Å²) in [6.07, 6.45) is 1.71. The van der Waals surface area contributed by atoms with Crippen molar-refractivity contribution in [1.29, 1.82) is 0 Å². The Kier molecular flexibility index (Phi) is 3.97. The second-order valence-corrected chi connectivity index (χ2v) is 4.69. The van der Waals surface area contributed by atoms with E-state index >= 15 is 0 Å². The van der Waals surface area contributed by atoms with E-state index in [2.05, 4.69) is 0 Å². The van der Waals surface area contributed by atoms with Crippen molar-refractivity contribution in [2.45, 2.75) is 25.8 Å². The van der Waals surface area contributed by atoms with Gasteiger partial charge in [0.2, 0.25) is 5.91 Å². The highest BCUT2D eigenvalue weighted by Crippen LogP contribution is 2.19. The molecule has 4 heteroatoms. The quantitative estimate of drug-likeness (QED) is 0.887. The van der Waals surface area contributed by atoms with Gasteiger partial charge in [-0.05, 0) is 18.4 Å². The second kappa shape index (κ2) is 5.67. The molecule has 0 saturated carbocycles. The van der Waals surface area contributed by atoms with E-state index in [-0.39, 0.29) is 5.91 Å². The predicted octanol–water partition coefficient (Wildman–Crippen LogP) is 1.90. The largest absolute Gasteiger partial charge is 0.481 e. The highest BCUT2D eigenvalue weighted by atomic mass is 16.4. The number of carbonyl (C=O) groups excluding carboxylic acids is 1. The van der Waals surface area contributed by atoms with Gasteiger partial charge in [-0.3, -0.25) is 9.59 Å². The lowest BCUT2D eigenvalue weighted by Crippen LogP contribution is -2.34. The molecule has 0 bridgehead atoms. The Bertz CT molecular complexity index is 430. The van der Waals surface area contributed by atoms with Crippen LogP contribution in [0.15, 0.2) is 30.3 Å². The molecule has 0 aliphatic carbocycles. The van der Waals surface area contributed by atoms with Gasteiger partial charge in [0, 0.05) is 19.5 Å². The standard InChI is InChI=1S/C14H17NO3/c16-13-8-4-7-12(14(17)18)10-15(13)9-11-5-2-1-3-6-11/h1-3,5-6,12H,4,7-10H2,(H,17,18). The summed E-state index contributed by atoms with van der Waals surface area (Å²) < 4.78 is 0. The average molecular weight is 247 g/mol. The maximum Gasteiger partial charge on any atom is 0.308 e. The minimum atomic E-state index is -0.803. The lowest BCUT2D eigenvalue weighted by atomic mass is 10.0. The molecule has 1 aliphatic rings. The molecule has 1 heterocycles. The molecule has 2 rings (SSSR count).